The number of fused-ring (bicyclic) bond motifs is 1. The summed E-state index contributed by atoms with van der Waals surface area (Å²) in [7, 11) is 1.49. The number of amides is 1. The lowest BCUT2D eigenvalue weighted by molar-refractivity contribution is -0.126. The zero-order chi connectivity index (χ0) is 28.1. The van der Waals surface area contributed by atoms with Gasteiger partial charge >= 0.3 is 0 Å². The van der Waals surface area contributed by atoms with Crippen molar-refractivity contribution < 1.29 is 19.4 Å². The standard InChI is InChI=1S/C31H40N4O4S/c1-20(2)12-22-14-24-26(16-31(8-5-9-31)39-29(24)34-17-22)33-18-27(36)25(35-28(37)19-38-3)15-21-6-4-7-23(13-21)30-32-10-11-40-30/h4,6-7,10-11,13-14,17,20,25-27,33,36H,5,8-9,12,15-16,18-19H2,1-3H3,(H,35,37)/t25-,26-,27+/m0/s1. The molecule has 3 heterocycles. The van der Waals surface area contributed by atoms with Crippen LogP contribution in [0, 0.1) is 5.92 Å². The summed E-state index contributed by atoms with van der Waals surface area (Å²) in [4.78, 5) is 21.7. The van der Waals surface area contributed by atoms with Gasteiger partial charge in [-0.15, -0.1) is 11.3 Å². The van der Waals surface area contributed by atoms with Gasteiger partial charge in [0, 0.05) is 55.0 Å². The molecular weight excluding hydrogens is 524 g/mol. The quantitative estimate of drug-likeness (QED) is 0.298. The number of aromatic nitrogens is 2. The van der Waals surface area contributed by atoms with Crippen molar-refractivity contribution in [2.45, 2.75) is 76.2 Å². The first-order valence-corrected chi connectivity index (χ1v) is 15.1. The summed E-state index contributed by atoms with van der Waals surface area (Å²) < 4.78 is 11.5. The van der Waals surface area contributed by atoms with Crippen molar-refractivity contribution in [1.82, 2.24) is 20.6 Å². The van der Waals surface area contributed by atoms with Crippen molar-refractivity contribution in [2.75, 3.05) is 20.3 Å². The molecule has 2 aliphatic rings. The van der Waals surface area contributed by atoms with Gasteiger partial charge in [-0.3, -0.25) is 4.79 Å². The maximum atomic E-state index is 12.5. The minimum Gasteiger partial charge on any atom is -0.471 e. The summed E-state index contributed by atoms with van der Waals surface area (Å²) in [6.45, 7) is 4.67. The fourth-order valence-electron chi connectivity index (χ4n) is 5.74. The van der Waals surface area contributed by atoms with Crippen molar-refractivity contribution in [2.24, 2.45) is 5.92 Å². The van der Waals surface area contributed by atoms with Crippen LogP contribution in [-0.2, 0) is 22.4 Å². The molecule has 3 aromatic rings. The number of carbonyl (C=O) groups is 1. The molecule has 214 valence electrons. The van der Waals surface area contributed by atoms with E-state index in [1.165, 1.54) is 12.7 Å². The van der Waals surface area contributed by atoms with Crippen LogP contribution < -0.4 is 15.4 Å². The molecule has 3 atom stereocenters. The molecule has 0 radical (unpaired) electrons. The predicted molar refractivity (Wildman–Crippen MR) is 156 cm³/mol. The van der Waals surface area contributed by atoms with Crippen molar-refractivity contribution in [3.63, 3.8) is 0 Å². The van der Waals surface area contributed by atoms with Gasteiger partial charge in [0.25, 0.3) is 0 Å². The van der Waals surface area contributed by atoms with E-state index in [0.717, 1.165) is 53.8 Å². The molecule has 1 aromatic carbocycles. The Morgan fingerprint density at radius 1 is 1.23 bits per heavy atom. The normalized spacial score (nSPS) is 19.0. The highest BCUT2D eigenvalue weighted by atomic mass is 32.1. The third-order valence-corrected chi connectivity index (χ3v) is 8.65. The Labute approximate surface area is 240 Å². The fourth-order valence-corrected chi connectivity index (χ4v) is 6.38. The number of aliphatic hydroxyl groups is 1. The maximum absolute atomic E-state index is 12.5. The van der Waals surface area contributed by atoms with Gasteiger partial charge in [-0.1, -0.05) is 32.0 Å². The minimum absolute atomic E-state index is 0.0156. The lowest BCUT2D eigenvalue weighted by Gasteiger charge is -2.47. The molecule has 1 fully saturated rings. The number of methoxy groups -OCH3 is 1. The monoisotopic (exact) mass is 564 g/mol. The van der Waals surface area contributed by atoms with E-state index >= 15 is 0 Å². The van der Waals surface area contributed by atoms with Gasteiger partial charge in [-0.05, 0) is 61.3 Å². The van der Waals surface area contributed by atoms with E-state index in [1.54, 1.807) is 17.5 Å². The first kappa shape index (κ1) is 28.7. The highest BCUT2D eigenvalue weighted by Gasteiger charge is 2.46. The molecular formula is C31H40N4O4S. The summed E-state index contributed by atoms with van der Waals surface area (Å²) in [5, 5.41) is 20.9. The summed E-state index contributed by atoms with van der Waals surface area (Å²) in [5.41, 5.74) is 4.11. The lowest BCUT2D eigenvalue weighted by Crippen LogP contribution is -2.52. The van der Waals surface area contributed by atoms with E-state index in [2.05, 4.69) is 41.6 Å². The van der Waals surface area contributed by atoms with E-state index in [9.17, 15) is 9.90 Å². The van der Waals surface area contributed by atoms with Crippen LogP contribution in [0.1, 0.15) is 62.3 Å². The van der Waals surface area contributed by atoms with Crippen LogP contribution >= 0.6 is 11.3 Å². The van der Waals surface area contributed by atoms with Crippen molar-refractivity contribution >= 4 is 17.2 Å². The first-order valence-electron chi connectivity index (χ1n) is 14.2. The zero-order valence-electron chi connectivity index (χ0n) is 23.6. The van der Waals surface area contributed by atoms with Gasteiger partial charge in [0.2, 0.25) is 11.8 Å². The molecule has 1 aliphatic carbocycles. The zero-order valence-corrected chi connectivity index (χ0v) is 24.4. The number of ether oxygens (including phenoxy) is 2. The molecule has 0 saturated heterocycles. The van der Waals surface area contributed by atoms with Crippen LogP contribution in [-0.4, -0.2) is 59.0 Å². The minimum atomic E-state index is -0.820. The number of thiazole rings is 1. The van der Waals surface area contributed by atoms with E-state index in [4.69, 9.17) is 14.5 Å². The summed E-state index contributed by atoms with van der Waals surface area (Å²) in [6, 6.07) is 9.84. The van der Waals surface area contributed by atoms with E-state index < -0.39 is 12.1 Å². The number of pyridine rings is 1. The van der Waals surface area contributed by atoms with Crippen LogP contribution in [0.3, 0.4) is 0 Å². The van der Waals surface area contributed by atoms with Gasteiger partial charge in [-0.25, -0.2) is 9.97 Å². The third-order valence-electron chi connectivity index (χ3n) is 7.83. The maximum Gasteiger partial charge on any atom is 0.246 e. The van der Waals surface area contributed by atoms with Gasteiger partial charge in [0.15, 0.2) is 0 Å². The van der Waals surface area contributed by atoms with Crippen molar-refractivity contribution in [1.29, 1.82) is 0 Å². The van der Waals surface area contributed by atoms with E-state index in [-0.39, 0.29) is 24.2 Å². The second-order valence-corrected chi connectivity index (χ2v) is 12.5. The number of nitrogens with one attached hydrogen (secondary N) is 2. The highest BCUT2D eigenvalue weighted by Crippen LogP contribution is 2.48. The lowest BCUT2D eigenvalue weighted by atomic mass is 9.73. The average Bonchev–Trinajstić information content (AvgIpc) is 3.45. The Morgan fingerprint density at radius 2 is 2.08 bits per heavy atom. The van der Waals surface area contributed by atoms with E-state index in [1.807, 2.05) is 29.8 Å². The molecule has 0 bridgehead atoms. The Balaban J connectivity index is 1.32. The van der Waals surface area contributed by atoms with Crippen LogP contribution in [0.25, 0.3) is 10.6 Å². The molecule has 1 aliphatic heterocycles. The molecule has 3 N–H and O–H groups in total. The Kier molecular flexibility index (Phi) is 9.15. The summed E-state index contributed by atoms with van der Waals surface area (Å²) in [6.07, 6.45) is 8.38. The Morgan fingerprint density at radius 3 is 2.77 bits per heavy atom. The molecule has 40 heavy (non-hydrogen) atoms. The number of aliphatic hydroxyl groups excluding tert-OH is 1. The van der Waals surface area contributed by atoms with Gasteiger partial charge < -0.3 is 25.2 Å². The molecule has 9 heteroatoms. The summed E-state index contributed by atoms with van der Waals surface area (Å²) >= 11 is 1.58. The van der Waals surface area contributed by atoms with Gasteiger partial charge in [-0.2, -0.15) is 0 Å². The summed E-state index contributed by atoms with van der Waals surface area (Å²) in [5.74, 6) is 0.977. The fraction of sp³-hybridized carbons (Fsp3) is 0.516. The first-order chi connectivity index (χ1) is 19.3. The van der Waals surface area contributed by atoms with Crippen LogP contribution in [0.4, 0.5) is 0 Å². The number of benzene rings is 1. The van der Waals surface area contributed by atoms with E-state index in [0.29, 0.717) is 24.8 Å². The molecule has 0 unspecified atom stereocenters. The molecule has 1 amide bonds. The molecule has 1 spiro atoms. The van der Waals surface area contributed by atoms with Crippen LogP contribution in [0.15, 0.2) is 48.1 Å². The number of hydrogen-bond acceptors (Lipinski definition) is 8. The SMILES string of the molecule is COCC(=O)N[C@@H](Cc1cccc(-c2nccs2)c1)[C@H](O)CN[C@H]1CC2(CCC2)Oc2ncc(CC(C)C)cc21. The topological polar surface area (TPSA) is 106 Å². The second kappa shape index (κ2) is 12.8. The van der Waals surface area contributed by atoms with Crippen molar-refractivity contribution in [3.05, 3.63) is 64.8 Å². The average molecular weight is 565 g/mol. The number of carbonyl (C=O) groups excluding carboxylic acids is 1. The van der Waals surface area contributed by atoms with Crippen molar-refractivity contribution in [3.8, 4) is 16.5 Å². The van der Waals surface area contributed by atoms with Gasteiger partial charge in [0.1, 0.15) is 17.2 Å². The molecule has 8 nitrogen and oxygen atoms in total. The predicted octanol–water partition coefficient (Wildman–Crippen LogP) is 4.47. The number of rotatable bonds is 12. The van der Waals surface area contributed by atoms with Crippen LogP contribution in [0.5, 0.6) is 5.88 Å². The van der Waals surface area contributed by atoms with Crippen LogP contribution in [0.2, 0.25) is 0 Å². The smallest absolute Gasteiger partial charge is 0.246 e. The third kappa shape index (κ3) is 6.89. The molecule has 2 aromatic heterocycles. The molecule has 1 saturated carbocycles. The van der Waals surface area contributed by atoms with Gasteiger partial charge in [0.05, 0.1) is 12.1 Å². The largest absolute Gasteiger partial charge is 0.471 e. The molecule has 5 rings (SSSR count). The number of nitrogens with zero attached hydrogens (tertiary/aromatic N) is 2. The number of hydrogen-bond donors (Lipinski definition) is 3. The Hall–Kier alpha value is -2.85. The second-order valence-electron chi connectivity index (χ2n) is 11.6. The highest BCUT2D eigenvalue weighted by molar-refractivity contribution is 7.13. The Bertz CT molecular complexity index is 1280.